The number of morpholine rings is 1. The monoisotopic (exact) mass is 321 g/mol. The summed E-state index contributed by atoms with van der Waals surface area (Å²) >= 11 is 1.75. The molecule has 4 heteroatoms. The van der Waals surface area contributed by atoms with Crippen molar-refractivity contribution in [2.75, 3.05) is 32.6 Å². The zero-order valence-electron chi connectivity index (χ0n) is 14.6. The molecule has 0 bridgehead atoms. The third-order valence-corrected chi connectivity index (χ3v) is 5.87. The molecule has 0 radical (unpaired) electrons. The standard InChI is InChI=1S/C18H27NO2S/c1-12-11-15(13(2)14(3)16(12)22-6)17(20)18(4,5)19-7-9-21-10-8-19/h11H,7-10H2,1-6H3. The van der Waals surface area contributed by atoms with Gasteiger partial charge in [0.25, 0.3) is 0 Å². The van der Waals surface area contributed by atoms with E-state index < -0.39 is 5.54 Å². The molecular formula is C18H27NO2S. The van der Waals surface area contributed by atoms with E-state index >= 15 is 0 Å². The first-order valence-electron chi connectivity index (χ1n) is 7.83. The number of hydrogen-bond acceptors (Lipinski definition) is 4. The van der Waals surface area contributed by atoms with E-state index in [9.17, 15) is 4.79 Å². The lowest BCUT2D eigenvalue weighted by Gasteiger charge is -2.40. The van der Waals surface area contributed by atoms with E-state index in [4.69, 9.17) is 4.74 Å². The molecule has 1 heterocycles. The lowest BCUT2D eigenvalue weighted by Crippen LogP contribution is -2.54. The molecule has 0 saturated carbocycles. The number of carbonyl (C=O) groups excluding carboxylic acids is 1. The fourth-order valence-electron chi connectivity index (χ4n) is 3.20. The Hall–Kier alpha value is -0.840. The van der Waals surface area contributed by atoms with Gasteiger partial charge in [0, 0.05) is 23.5 Å². The molecule has 0 spiro atoms. The minimum atomic E-state index is -0.492. The summed E-state index contributed by atoms with van der Waals surface area (Å²) in [7, 11) is 0. The predicted octanol–water partition coefficient (Wildman–Crippen LogP) is 3.63. The number of thioether (sulfide) groups is 1. The van der Waals surface area contributed by atoms with Crippen LogP contribution in [0.5, 0.6) is 0 Å². The maximum Gasteiger partial charge on any atom is 0.182 e. The van der Waals surface area contributed by atoms with Gasteiger partial charge in [-0.1, -0.05) is 0 Å². The maximum atomic E-state index is 13.2. The van der Waals surface area contributed by atoms with Gasteiger partial charge < -0.3 is 4.74 Å². The van der Waals surface area contributed by atoms with Gasteiger partial charge in [-0.15, -0.1) is 11.8 Å². The molecule has 1 saturated heterocycles. The van der Waals surface area contributed by atoms with Gasteiger partial charge in [0.05, 0.1) is 18.8 Å². The topological polar surface area (TPSA) is 29.5 Å². The molecule has 122 valence electrons. The van der Waals surface area contributed by atoms with Crippen LogP contribution < -0.4 is 0 Å². The average Bonchev–Trinajstić information content (AvgIpc) is 2.51. The molecule has 0 atom stereocenters. The number of benzene rings is 1. The zero-order valence-corrected chi connectivity index (χ0v) is 15.4. The van der Waals surface area contributed by atoms with Gasteiger partial charge in [-0.05, 0) is 63.6 Å². The summed E-state index contributed by atoms with van der Waals surface area (Å²) in [6.45, 7) is 13.4. The van der Waals surface area contributed by atoms with E-state index in [0.717, 1.165) is 24.2 Å². The predicted molar refractivity (Wildman–Crippen MR) is 93.2 cm³/mol. The van der Waals surface area contributed by atoms with Crippen molar-refractivity contribution in [2.45, 2.75) is 45.1 Å². The van der Waals surface area contributed by atoms with E-state index in [1.54, 1.807) is 11.8 Å². The summed E-state index contributed by atoms with van der Waals surface area (Å²) in [5.74, 6) is 0.214. The number of ether oxygens (including phenoxy) is 1. The minimum absolute atomic E-state index is 0.214. The largest absolute Gasteiger partial charge is 0.379 e. The molecule has 22 heavy (non-hydrogen) atoms. The molecule has 1 fully saturated rings. The van der Waals surface area contributed by atoms with Crippen molar-refractivity contribution in [1.82, 2.24) is 4.90 Å². The van der Waals surface area contributed by atoms with Crippen LogP contribution in [0, 0.1) is 20.8 Å². The molecule has 0 N–H and O–H groups in total. The summed E-state index contributed by atoms with van der Waals surface area (Å²) in [5, 5.41) is 0. The number of hydrogen-bond donors (Lipinski definition) is 0. The molecule has 0 amide bonds. The van der Waals surface area contributed by atoms with Crippen molar-refractivity contribution < 1.29 is 9.53 Å². The Balaban J connectivity index is 2.40. The molecular weight excluding hydrogens is 294 g/mol. The molecule has 1 aliphatic heterocycles. The highest BCUT2D eigenvalue weighted by molar-refractivity contribution is 7.98. The smallest absolute Gasteiger partial charge is 0.182 e. The minimum Gasteiger partial charge on any atom is -0.379 e. The van der Waals surface area contributed by atoms with Gasteiger partial charge in [-0.25, -0.2) is 0 Å². The Kier molecular flexibility index (Phi) is 5.36. The highest BCUT2D eigenvalue weighted by Crippen LogP contribution is 2.32. The molecule has 3 nitrogen and oxygen atoms in total. The second kappa shape index (κ2) is 6.73. The molecule has 1 aliphatic rings. The Morgan fingerprint density at radius 3 is 2.32 bits per heavy atom. The van der Waals surface area contributed by atoms with Crippen LogP contribution in [0.2, 0.25) is 0 Å². The fourth-order valence-corrected chi connectivity index (χ4v) is 4.04. The van der Waals surface area contributed by atoms with Gasteiger partial charge in [0.2, 0.25) is 0 Å². The van der Waals surface area contributed by atoms with Gasteiger partial charge in [-0.3, -0.25) is 9.69 Å². The summed E-state index contributed by atoms with van der Waals surface area (Å²) in [6, 6.07) is 2.07. The lowest BCUT2D eigenvalue weighted by molar-refractivity contribution is -0.00432. The van der Waals surface area contributed by atoms with Crippen LogP contribution in [0.3, 0.4) is 0 Å². The number of Topliss-reactive ketones (excluding diaryl/α,β-unsaturated/α-hetero) is 1. The summed E-state index contributed by atoms with van der Waals surface area (Å²) in [5.41, 5.74) is 3.91. The Morgan fingerprint density at radius 1 is 1.18 bits per heavy atom. The first-order valence-corrected chi connectivity index (χ1v) is 9.05. The van der Waals surface area contributed by atoms with Crippen molar-refractivity contribution in [3.63, 3.8) is 0 Å². The first kappa shape index (κ1) is 17.5. The Bertz CT molecular complexity index is 575. The van der Waals surface area contributed by atoms with E-state index in [-0.39, 0.29) is 5.78 Å². The second-order valence-electron chi connectivity index (χ2n) is 6.51. The quantitative estimate of drug-likeness (QED) is 0.626. The van der Waals surface area contributed by atoms with Gasteiger partial charge in [0.15, 0.2) is 5.78 Å². The zero-order chi connectivity index (χ0) is 16.5. The van der Waals surface area contributed by atoms with Crippen LogP contribution in [0.4, 0.5) is 0 Å². The Morgan fingerprint density at radius 2 is 1.77 bits per heavy atom. The number of rotatable bonds is 4. The second-order valence-corrected chi connectivity index (χ2v) is 7.33. The number of nitrogens with zero attached hydrogens (tertiary/aromatic N) is 1. The van der Waals surface area contributed by atoms with Crippen molar-refractivity contribution in [3.8, 4) is 0 Å². The lowest BCUT2D eigenvalue weighted by atomic mass is 9.86. The molecule has 1 aromatic rings. The third kappa shape index (κ3) is 3.10. The molecule has 0 aromatic heterocycles. The molecule has 1 aromatic carbocycles. The van der Waals surface area contributed by atoms with Gasteiger partial charge >= 0.3 is 0 Å². The molecule has 2 rings (SSSR count). The average molecular weight is 321 g/mol. The SMILES string of the molecule is CSc1c(C)cc(C(=O)C(C)(C)N2CCOCC2)c(C)c1C. The molecule has 0 aliphatic carbocycles. The van der Waals surface area contributed by atoms with Gasteiger partial charge in [0.1, 0.15) is 0 Å². The molecule has 0 unspecified atom stereocenters. The van der Waals surface area contributed by atoms with Crippen molar-refractivity contribution in [2.24, 2.45) is 0 Å². The van der Waals surface area contributed by atoms with E-state index in [1.807, 2.05) is 13.8 Å². The van der Waals surface area contributed by atoms with Crippen LogP contribution in [-0.2, 0) is 4.74 Å². The highest BCUT2D eigenvalue weighted by atomic mass is 32.2. The van der Waals surface area contributed by atoms with E-state index in [0.29, 0.717) is 13.2 Å². The summed E-state index contributed by atoms with van der Waals surface area (Å²) < 4.78 is 5.42. The van der Waals surface area contributed by atoms with Crippen molar-refractivity contribution in [1.29, 1.82) is 0 Å². The Labute approximate surface area is 138 Å². The van der Waals surface area contributed by atoms with E-state index in [2.05, 4.69) is 38.0 Å². The van der Waals surface area contributed by atoms with E-state index in [1.165, 1.54) is 16.0 Å². The van der Waals surface area contributed by atoms with Gasteiger partial charge in [-0.2, -0.15) is 0 Å². The van der Waals surface area contributed by atoms with Crippen molar-refractivity contribution >= 4 is 17.5 Å². The first-order chi connectivity index (χ1) is 10.3. The number of carbonyl (C=O) groups is 1. The highest BCUT2D eigenvalue weighted by Gasteiger charge is 2.37. The van der Waals surface area contributed by atoms with Crippen LogP contribution in [0.15, 0.2) is 11.0 Å². The van der Waals surface area contributed by atoms with Crippen LogP contribution in [0.25, 0.3) is 0 Å². The fraction of sp³-hybridized carbons (Fsp3) is 0.611. The number of ketones is 1. The third-order valence-electron chi connectivity index (χ3n) is 4.83. The van der Waals surface area contributed by atoms with Crippen LogP contribution >= 0.6 is 11.8 Å². The normalized spacial score (nSPS) is 16.8. The summed E-state index contributed by atoms with van der Waals surface area (Å²) in [4.78, 5) is 16.7. The maximum absolute atomic E-state index is 13.2. The van der Waals surface area contributed by atoms with Crippen LogP contribution in [-0.4, -0.2) is 48.8 Å². The number of aryl methyl sites for hydroxylation is 1. The summed E-state index contributed by atoms with van der Waals surface area (Å²) in [6.07, 6.45) is 2.09. The van der Waals surface area contributed by atoms with Crippen molar-refractivity contribution in [3.05, 3.63) is 28.3 Å². The van der Waals surface area contributed by atoms with Crippen LogP contribution in [0.1, 0.15) is 40.9 Å².